The van der Waals surface area contributed by atoms with E-state index in [0.717, 1.165) is 19.3 Å². The summed E-state index contributed by atoms with van der Waals surface area (Å²) in [5.74, 6) is -2.08. The van der Waals surface area contributed by atoms with Crippen LogP contribution < -0.4 is 10.6 Å². The Morgan fingerprint density at radius 1 is 1.08 bits per heavy atom. The molecule has 2 saturated heterocycles. The van der Waals surface area contributed by atoms with Gasteiger partial charge in [-0.05, 0) is 43.6 Å². The predicted octanol–water partition coefficient (Wildman–Crippen LogP) is 1.06. The molecule has 200 valence electrons. The standard InChI is InChI=1S/C28H32N4O6/c33-15-23(34)21(11-17-9-10-29-26(17)36)31-27(37)24-20-8-4-7-18(20)14-32(24)28(38)22-12-19(13-30-22)25(35)16-5-2-1-3-6-16/h1-3,5-6,12-13,17-18,20-21,24,30,33H,4,7-11,14-15H2,(H,29,36)(H,31,37)/t17-,18-,20-,21?,24-/m0/s1. The highest BCUT2D eigenvalue weighted by molar-refractivity contribution is 6.10. The molecule has 1 saturated carbocycles. The van der Waals surface area contributed by atoms with E-state index in [9.17, 15) is 29.1 Å². The number of rotatable bonds is 9. The van der Waals surface area contributed by atoms with E-state index in [-0.39, 0.29) is 41.5 Å². The molecule has 38 heavy (non-hydrogen) atoms. The van der Waals surface area contributed by atoms with Crippen LogP contribution in [0.2, 0.25) is 0 Å². The quantitative estimate of drug-likeness (QED) is 0.363. The number of ketones is 2. The van der Waals surface area contributed by atoms with Crippen LogP contribution >= 0.6 is 0 Å². The minimum Gasteiger partial charge on any atom is -0.389 e. The number of H-pyrrole nitrogens is 1. The monoisotopic (exact) mass is 520 g/mol. The molecule has 1 unspecified atom stereocenters. The summed E-state index contributed by atoms with van der Waals surface area (Å²) in [6, 6.07) is 8.49. The number of benzene rings is 1. The van der Waals surface area contributed by atoms with Crippen LogP contribution in [-0.4, -0.2) is 76.1 Å². The van der Waals surface area contributed by atoms with Crippen molar-refractivity contribution >= 4 is 29.3 Å². The second kappa shape index (κ2) is 10.9. The number of hydrogen-bond donors (Lipinski definition) is 4. The Morgan fingerprint density at radius 3 is 2.58 bits per heavy atom. The van der Waals surface area contributed by atoms with Crippen LogP contribution in [0.15, 0.2) is 42.6 Å². The summed E-state index contributed by atoms with van der Waals surface area (Å²) in [5.41, 5.74) is 1.07. The van der Waals surface area contributed by atoms with Crippen LogP contribution in [0.1, 0.15) is 58.5 Å². The summed E-state index contributed by atoms with van der Waals surface area (Å²) in [7, 11) is 0. The Kier molecular flexibility index (Phi) is 7.42. The number of carbonyl (C=O) groups is 5. The van der Waals surface area contributed by atoms with E-state index in [1.165, 1.54) is 17.2 Å². The maximum atomic E-state index is 13.6. The third-order valence-corrected chi connectivity index (χ3v) is 8.18. The Hall–Kier alpha value is -3.79. The molecule has 10 heteroatoms. The van der Waals surface area contributed by atoms with Crippen molar-refractivity contribution in [2.24, 2.45) is 17.8 Å². The zero-order chi connectivity index (χ0) is 26.8. The highest BCUT2D eigenvalue weighted by Crippen LogP contribution is 2.43. The lowest BCUT2D eigenvalue weighted by Gasteiger charge is -2.29. The molecule has 0 radical (unpaired) electrons. The lowest BCUT2D eigenvalue weighted by Crippen LogP contribution is -2.53. The Bertz CT molecular complexity index is 1240. The van der Waals surface area contributed by atoms with Crippen molar-refractivity contribution < 1.29 is 29.1 Å². The second-order valence-electron chi connectivity index (χ2n) is 10.5. The fraction of sp³-hybridized carbons (Fsp3) is 0.464. The van der Waals surface area contributed by atoms with Crippen LogP contribution in [0.4, 0.5) is 0 Å². The number of fused-ring (bicyclic) bond motifs is 1. The number of amides is 3. The number of aromatic amines is 1. The number of carbonyl (C=O) groups excluding carboxylic acids is 5. The largest absolute Gasteiger partial charge is 0.389 e. The van der Waals surface area contributed by atoms with Crippen molar-refractivity contribution in [1.29, 1.82) is 0 Å². The van der Waals surface area contributed by atoms with Crippen LogP contribution in [-0.2, 0) is 14.4 Å². The zero-order valence-corrected chi connectivity index (χ0v) is 21.0. The van der Waals surface area contributed by atoms with Gasteiger partial charge in [-0.15, -0.1) is 0 Å². The molecule has 10 nitrogen and oxygen atoms in total. The fourth-order valence-electron chi connectivity index (χ4n) is 6.20. The molecule has 1 aromatic carbocycles. The summed E-state index contributed by atoms with van der Waals surface area (Å²) in [5, 5.41) is 15.0. The molecule has 2 aromatic rings. The first kappa shape index (κ1) is 25.8. The molecule has 5 atom stereocenters. The lowest BCUT2D eigenvalue weighted by atomic mass is 9.92. The molecule has 3 fully saturated rings. The molecule has 1 aromatic heterocycles. The topological polar surface area (TPSA) is 149 Å². The second-order valence-corrected chi connectivity index (χ2v) is 10.5. The molecule has 3 aliphatic rings. The molecular formula is C28H32N4O6. The minimum atomic E-state index is -1.01. The Balaban J connectivity index is 1.34. The van der Waals surface area contributed by atoms with Gasteiger partial charge in [-0.1, -0.05) is 36.8 Å². The van der Waals surface area contributed by atoms with Gasteiger partial charge in [-0.3, -0.25) is 24.0 Å². The third kappa shape index (κ3) is 5.00. The van der Waals surface area contributed by atoms with Crippen molar-refractivity contribution in [2.45, 2.75) is 44.2 Å². The average Bonchev–Trinajstić information content (AvgIpc) is 3.72. The summed E-state index contributed by atoms with van der Waals surface area (Å²) < 4.78 is 0. The van der Waals surface area contributed by atoms with Gasteiger partial charge >= 0.3 is 0 Å². The van der Waals surface area contributed by atoms with Gasteiger partial charge in [0, 0.05) is 36.3 Å². The van der Waals surface area contributed by atoms with Crippen LogP contribution in [0.25, 0.3) is 0 Å². The van der Waals surface area contributed by atoms with Gasteiger partial charge in [0.2, 0.25) is 11.8 Å². The highest BCUT2D eigenvalue weighted by Gasteiger charge is 2.50. The fourth-order valence-corrected chi connectivity index (χ4v) is 6.20. The van der Waals surface area contributed by atoms with Crippen molar-refractivity contribution in [2.75, 3.05) is 19.7 Å². The molecule has 0 spiro atoms. The molecular weight excluding hydrogens is 488 g/mol. The van der Waals surface area contributed by atoms with E-state index in [2.05, 4.69) is 15.6 Å². The SMILES string of the molecule is O=C(c1ccccc1)c1c[nH]c(C(=O)N2C[C@@H]3CCC[C@@H]3[C@H]2C(=O)NC(C[C@@H]2CCNC2=O)C(=O)CO)c1. The van der Waals surface area contributed by atoms with Crippen LogP contribution in [0.5, 0.6) is 0 Å². The first-order valence-electron chi connectivity index (χ1n) is 13.2. The van der Waals surface area contributed by atoms with Crippen molar-refractivity contribution in [3.8, 4) is 0 Å². The molecule has 1 aliphatic carbocycles. The maximum Gasteiger partial charge on any atom is 0.270 e. The van der Waals surface area contributed by atoms with Gasteiger partial charge in [-0.2, -0.15) is 0 Å². The molecule has 0 bridgehead atoms. The Labute approximate surface area is 220 Å². The number of Topliss-reactive ketones (excluding diaryl/α,β-unsaturated/α-hetero) is 1. The van der Waals surface area contributed by atoms with Gasteiger partial charge in [0.05, 0.1) is 6.04 Å². The van der Waals surface area contributed by atoms with Crippen molar-refractivity contribution in [3.63, 3.8) is 0 Å². The van der Waals surface area contributed by atoms with E-state index in [1.807, 2.05) is 6.07 Å². The van der Waals surface area contributed by atoms with E-state index in [4.69, 9.17) is 0 Å². The number of aliphatic hydroxyl groups is 1. The first-order valence-corrected chi connectivity index (χ1v) is 13.2. The molecule has 3 heterocycles. The molecule has 2 aliphatic heterocycles. The van der Waals surface area contributed by atoms with E-state index >= 15 is 0 Å². The summed E-state index contributed by atoms with van der Waals surface area (Å²) in [4.78, 5) is 69.1. The average molecular weight is 521 g/mol. The van der Waals surface area contributed by atoms with E-state index < -0.39 is 36.3 Å². The van der Waals surface area contributed by atoms with Gasteiger partial charge < -0.3 is 25.6 Å². The predicted molar refractivity (Wildman–Crippen MR) is 136 cm³/mol. The number of nitrogens with one attached hydrogen (secondary N) is 3. The number of aromatic nitrogens is 1. The van der Waals surface area contributed by atoms with Gasteiger partial charge in [0.1, 0.15) is 18.3 Å². The summed E-state index contributed by atoms with van der Waals surface area (Å²) in [6.45, 7) is 0.169. The summed E-state index contributed by atoms with van der Waals surface area (Å²) >= 11 is 0. The normalized spacial score (nSPS) is 25.1. The minimum absolute atomic E-state index is 0.0426. The smallest absolute Gasteiger partial charge is 0.270 e. The third-order valence-electron chi connectivity index (χ3n) is 8.18. The molecule has 4 N–H and O–H groups in total. The van der Waals surface area contributed by atoms with Gasteiger partial charge in [-0.25, -0.2) is 0 Å². The molecule has 5 rings (SSSR count). The lowest BCUT2D eigenvalue weighted by molar-refractivity contribution is -0.133. The zero-order valence-electron chi connectivity index (χ0n) is 21.0. The van der Waals surface area contributed by atoms with E-state index in [1.54, 1.807) is 24.3 Å². The van der Waals surface area contributed by atoms with Gasteiger partial charge in [0.15, 0.2) is 11.6 Å². The summed E-state index contributed by atoms with van der Waals surface area (Å²) in [6.07, 6.45) is 4.81. The highest BCUT2D eigenvalue weighted by atomic mass is 16.3. The van der Waals surface area contributed by atoms with Crippen LogP contribution in [0.3, 0.4) is 0 Å². The van der Waals surface area contributed by atoms with Crippen LogP contribution in [0, 0.1) is 17.8 Å². The number of likely N-dealkylation sites (tertiary alicyclic amines) is 1. The molecule has 3 amide bonds. The van der Waals surface area contributed by atoms with Crippen molar-refractivity contribution in [3.05, 3.63) is 59.4 Å². The van der Waals surface area contributed by atoms with E-state index in [0.29, 0.717) is 30.6 Å². The number of aliphatic hydroxyl groups excluding tert-OH is 1. The van der Waals surface area contributed by atoms with Crippen molar-refractivity contribution in [1.82, 2.24) is 20.5 Å². The first-order chi connectivity index (χ1) is 18.4. The number of hydrogen-bond acceptors (Lipinski definition) is 6. The number of nitrogens with zero attached hydrogens (tertiary/aromatic N) is 1. The Morgan fingerprint density at radius 2 is 1.87 bits per heavy atom. The van der Waals surface area contributed by atoms with Gasteiger partial charge in [0.25, 0.3) is 5.91 Å². The maximum absolute atomic E-state index is 13.6.